The second-order valence-electron chi connectivity index (χ2n) is 3.39. The summed E-state index contributed by atoms with van der Waals surface area (Å²) in [5, 5.41) is 12.3. The van der Waals surface area contributed by atoms with Crippen LogP contribution in [-0.4, -0.2) is 23.7 Å². The van der Waals surface area contributed by atoms with Gasteiger partial charge in [-0.25, -0.2) is 0 Å². The van der Waals surface area contributed by atoms with Gasteiger partial charge in [0.25, 0.3) is 0 Å². The molecule has 0 saturated heterocycles. The molecule has 0 saturated carbocycles. The van der Waals surface area contributed by atoms with Crippen molar-refractivity contribution in [2.24, 2.45) is 0 Å². The Morgan fingerprint density at radius 3 is 2.60 bits per heavy atom. The molecule has 0 aliphatic carbocycles. The van der Waals surface area contributed by atoms with Crippen LogP contribution in [-0.2, 0) is 11.2 Å². The topological polar surface area (TPSA) is 49.3 Å². The number of aliphatic carboxylic acids is 1. The first kappa shape index (κ1) is 12.0. The normalized spacial score (nSPS) is 12.4. The summed E-state index contributed by atoms with van der Waals surface area (Å²) < 4.78 is 0. The van der Waals surface area contributed by atoms with E-state index in [9.17, 15) is 4.79 Å². The maximum absolute atomic E-state index is 10.5. The highest BCUT2D eigenvalue weighted by atomic mass is 35.5. The monoisotopic (exact) mass is 227 g/mol. The molecule has 1 atom stereocenters. The Bertz CT molecular complexity index is 324. The van der Waals surface area contributed by atoms with Gasteiger partial charge in [-0.15, -0.1) is 0 Å². The van der Waals surface area contributed by atoms with Crippen LogP contribution >= 0.6 is 11.6 Å². The quantitative estimate of drug-likeness (QED) is 0.809. The Morgan fingerprint density at radius 2 is 2.07 bits per heavy atom. The van der Waals surface area contributed by atoms with Gasteiger partial charge in [0, 0.05) is 5.02 Å². The van der Waals surface area contributed by atoms with Crippen molar-refractivity contribution in [3.05, 3.63) is 34.9 Å². The molecule has 0 aliphatic heterocycles. The summed E-state index contributed by atoms with van der Waals surface area (Å²) >= 11 is 5.74. The van der Waals surface area contributed by atoms with Gasteiger partial charge in [0.15, 0.2) is 0 Å². The van der Waals surface area contributed by atoms with Crippen molar-refractivity contribution in [1.29, 1.82) is 0 Å². The van der Waals surface area contributed by atoms with E-state index in [-0.39, 0.29) is 0 Å². The molecular weight excluding hydrogens is 214 g/mol. The third-order valence-electron chi connectivity index (χ3n) is 2.15. The number of halogens is 1. The number of rotatable bonds is 5. The van der Waals surface area contributed by atoms with Crippen molar-refractivity contribution in [2.75, 3.05) is 6.54 Å². The van der Waals surface area contributed by atoms with E-state index in [1.54, 1.807) is 6.92 Å². The van der Waals surface area contributed by atoms with E-state index >= 15 is 0 Å². The van der Waals surface area contributed by atoms with Crippen molar-refractivity contribution in [2.45, 2.75) is 19.4 Å². The van der Waals surface area contributed by atoms with E-state index < -0.39 is 12.0 Å². The van der Waals surface area contributed by atoms with E-state index in [4.69, 9.17) is 16.7 Å². The van der Waals surface area contributed by atoms with E-state index in [0.29, 0.717) is 11.6 Å². The van der Waals surface area contributed by atoms with Crippen LogP contribution in [0.5, 0.6) is 0 Å². The molecule has 1 rings (SSSR count). The summed E-state index contributed by atoms with van der Waals surface area (Å²) in [6.07, 6.45) is 0.800. The van der Waals surface area contributed by atoms with Gasteiger partial charge in [0.1, 0.15) is 6.04 Å². The lowest BCUT2D eigenvalue weighted by molar-refractivity contribution is -0.138. The summed E-state index contributed by atoms with van der Waals surface area (Å²) in [6.45, 7) is 2.28. The lowest BCUT2D eigenvalue weighted by atomic mass is 10.1. The molecule has 0 spiro atoms. The second-order valence-corrected chi connectivity index (χ2v) is 3.83. The van der Waals surface area contributed by atoms with E-state index in [2.05, 4.69) is 5.32 Å². The molecule has 0 aromatic heterocycles. The molecule has 1 aromatic carbocycles. The van der Waals surface area contributed by atoms with Crippen LogP contribution in [0.3, 0.4) is 0 Å². The SMILES string of the molecule is CC(NCCc1ccc(Cl)cc1)C(=O)O. The number of benzene rings is 1. The zero-order chi connectivity index (χ0) is 11.3. The Morgan fingerprint density at radius 1 is 1.47 bits per heavy atom. The van der Waals surface area contributed by atoms with E-state index in [1.807, 2.05) is 24.3 Å². The van der Waals surface area contributed by atoms with Gasteiger partial charge in [-0.3, -0.25) is 4.79 Å². The third-order valence-corrected chi connectivity index (χ3v) is 2.40. The van der Waals surface area contributed by atoms with Crippen LogP contribution in [0, 0.1) is 0 Å². The number of nitrogens with one attached hydrogen (secondary N) is 1. The molecule has 0 bridgehead atoms. The highest BCUT2D eigenvalue weighted by molar-refractivity contribution is 6.30. The van der Waals surface area contributed by atoms with Crippen molar-refractivity contribution in [3.8, 4) is 0 Å². The van der Waals surface area contributed by atoms with Crippen LogP contribution in [0.15, 0.2) is 24.3 Å². The molecule has 0 aliphatic rings. The Balaban J connectivity index is 2.32. The summed E-state index contributed by atoms with van der Waals surface area (Å²) in [4.78, 5) is 10.5. The largest absolute Gasteiger partial charge is 0.480 e. The van der Waals surface area contributed by atoms with Gasteiger partial charge < -0.3 is 10.4 Å². The number of hydrogen-bond acceptors (Lipinski definition) is 2. The molecule has 0 amide bonds. The van der Waals surface area contributed by atoms with Crippen molar-refractivity contribution in [1.82, 2.24) is 5.32 Å². The van der Waals surface area contributed by atoms with Gasteiger partial charge in [0.2, 0.25) is 0 Å². The fraction of sp³-hybridized carbons (Fsp3) is 0.364. The predicted molar refractivity (Wildman–Crippen MR) is 60.3 cm³/mol. The molecule has 0 heterocycles. The Labute approximate surface area is 94.1 Å². The molecule has 15 heavy (non-hydrogen) atoms. The molecular formula is C11H14ClNO2. The predicted octanol–water partition coefficient (Wildman–Crippen LogP) is 1.95. The Kier molecular flexibility index (Phi) is 4.59. The van der Waals surface area contributed by atoms with Crippen molar-refractivity contribution in [3.63, 3.8) is 0 Å². The smallest absolute Gasteiger partial charge is 0.320 e. The van der Waals surface area contributed by atoms with Crippen molar-refractivity contribution >= 4 is 17.6 Å². The number of carboxylic acids is 1. The minimum atomic E-state index is -0.828. The highest BCUT2D eigenvalue weighted by Gasteiger charge is 2.08. The van der Waals surface area contributed by atoms with Gasteiger partial charge in [0.05, 0.1) is 0 Å². The highest BCUT2D eigenvalue weighted by Crippen LogP contribution is 2.09. The molecule has 4 heteroatoms. The van der Waals surface area contributed by atoms with Gasteiger partial charge >= 0.3 is 5.97 Å². The van der Waals surface area contributed by atoms with Crippen LogP contribution in [0.2, 0.25) is 5.02 Å². The number of hydrogen-bond donors (Lipinski definition) is 2. The first-order chi connectivity index (χ1) is 7.09. The summed E-state index contributed by atoms with van der Waals surface area (Å²) in [6, 6.07) is 7.04. The molecule has 1 unspecified atom stereocenters. The second kappa shape index (κ2) is 5.73. The summed E-state index contributed by atoms with van der Waals surface area (Å²) in [7, 11) is 0. The maximum Gasteiger partial charge on any atom is 0.320 e. The van der Waals surface area contributed by atoms with Crippen LogP contribution in [0.25, 0.3) is 0 Å². The van der Waals surface area contributed by atoms with E-state index in [0.717, 1.165) is 12.0 Å². The zero-order valence-corrected chi connectivity index (χ0v) is 9.29. The summed E-state index contributed by atoms with van der Waals surface area (Å²) in [5.74, 6) is -0.828. The average Bonchev–Trinajstić information content (AvgIpc) is 2.20. The first-order valence-electron chi connectivity index (χ1n) is 4.80. The lowest BCUT2D eigenvalue weighted by Crippen LogP contribution is -2.34. The minimum absolute atomic E-state index is 0.502. The van der Waals surface area contributed by atoms with Gasteiger partial charge in [-0.05, 0) is 37.6 Å². The zero-order valence-electron chi connectivity index (χ0n) is 8.53. The minimum Gasteiger partial charge on any atom is -0.480 e. The first-order valence-corrected chi connectivity index (χ1v) is 5.18. The third kappa shape index (κ3) is 4.32. The molecule has 3 nitrogen and oxygen atoms in total. The van der Waals surface area contributed by atoms with Gasteiger partial charge in [-0.2, -0.15) is 0 Å². The number of carbonyl (C=O) groups is 1. The fourth-order valence-corrected chi connectivity index (χ4v) is 1.30. The van der Waals surface area contributed by atoms with Crippen LogP contribution in [0.1, 0.15) is 12.5 Å². The molecule has 0 fully saturated rings. The maximum atomic E-state index is 10.5. The van der Waals surface area contributed by atoms with Gasteiger partial charge in [-0.1, -0.05) is 23.7 Å². The molecule has 1 aromatic rings. The van der Waals surface area contributed by atoms with Crippen LogP contribution in [0.4, 0.5) is 0 Å². The van der Waals surface area contributed by atoms with Crippen LogP contribution < -0.4 is 5.32 Å². The summed E-state index contributed by atoms with van der Waals surface area (Å²) in [5.41, 5.74) is 1.14. The van der Waals surface area contributed by atoms with E-state index in [1.165, 1.54) is 0 Å². The Hall–Kier alpha value is -1.06. The number of carboxylic acid groups (broad SMARTS) is 1. The average molecular weight is 228 g/mol. The molecule has 82 valence electrons. The standard InChI is InChI=1S/C11H14ClNO2/c1-8(11(14)15)13-7-6-9-2-4-10(12)5-3-9/h2-5,8,13H,6-7H2,1H3,(H,14,15). The van der Waals surface area contributed by atoms with Crippen molar-refractivity contribution < 1.29 is 9.90 Å². The molecule has 2 N–H and O–H groups in total. The molecule has 0 radical (unpaired) electrons. The fourth-order valence-electron chi connectivity index (χ4n) is 1.17. The lowest BCUT2D eigenvalue weighted by Gasteiger charge is -2.08.